The van der Waals surface area contributed by atoms with E-state index in [1.807, 2.05) is 6.20 Å². The summed E-state index contributed by atoms with van der Waals surface area (Å²) in [5.74, 6) is 1.53. The van der Waals surface area contributed by atoms with Gasteiger partial charge in [-0.3, -0.25) is 4.98 Å². The van der Waals surface area contributed by atoms with Crippen molar-refractivity contribution in [1.29, 1.82) is 0 Å². The molecule has 2 saturated heterocycles. The smallest absolute Gasteiger partial charge is 0.233 e. The summed E-state index contributed by atoms with van der Waals surface area (Å²) in [6.07, 6.45) is 8.57. The van der Waals surface area contributed by atoms with Crippen molar-refractivity contribution in [2.24, 2.45) is 0 Å². The SMILES string of the molecule is CCN(c1cncc(OC)n1)C1CC2CCC(C1)N2. The zero-order chi connectivity index (χ0) is 13.2. The van der Waals surface area contributed by atoms with Gasteiger partial charge in [-0.05, 0) is 32.6 Å². The third-order valence-corrected chi connectivity index (χ3v) is 4.33. The third-order valence-electron chi connectivity index (χ3n) is 4.33. The van der Waals surface area contributed by atoms with Gasteiger partial charge in [-0.25, -0.2) is 0 Å². The predicted molar refractivity (Wildman–Crippen MR) is 74.6 cm³/mol. The molecule has 2 atom stereocenters. The van der Waals surface area contributed by atoms with Crippen molar-refractivity contribution in [2.45, 2.75) is 50.7 Å². The van der Waals surface area contributed by atoms with Crippen LogP contribution in [0.1, 0.15) is 32.6 Å². The van der Waals surface area contributed by atoms with E-state index in [0.29, 0.717) is 24.0 Å². The molecule has 5 nitrogen and oxygen atoms in total. The van der Waals surface area contributed by atoms with Crippen LogP contribution in [0, 0.1) is 0 Å². The van der Waals surface area contributed by atoms with Crippen LogP contribution < -0.4 is 15.0 Å². The minimum absolute atomic E-state index is 0.574. The minimum atomic E-state index is 0.574. The number of rotatable bonds is 4. The van der Waals surface area contributed by atoms with Crippen molar-refractivity contribution in [3.63, 3.8) is 0 Å². The van der Waals surface area contributed by atoms with Crippen LogP contribution in [-0.2, 0) is 0 Å². The second-order valence-corrected chi connectivity index (χ2v) is 5.47. The highest BCUT2D eigenvalue weighted by molar-refractivity contribution is 5.39. The maximum absolute atomic E-state index is 5.18. The summed E-state index contributed by atoms with van der Waals surface area (Å²) in [6, 6.07) is 1.96. The van der Waals surface area contributed by atoms with E-state index in [1.165, 1.54) is 25.7 Å². The summed E-state index contributed by atoms with van der Waals surface area (Å²) in [7, 11) is 1.63. The monoisotopic (exact) mass is 262 g/mol. The van der Waals surface area contributed by atoms with E-state index in [4.69, 9.17) is 4.74 Å². The summed E-state index contributed by atoms with van der Waals surface area (Å²) >= 11 is 0. The lowest BCUT2D eigenvalue weighted by Crippen LogP contribution is -2.48. The van der Waals surface area contributed by atoms with Crippen LogP contribution in [0.2, 0.25) is 0 Å². The minimum Gasteiger partial charge on any atom is -0.480 e. The first-order chi connectivity index (χ1) is 9.30. The lowest BCUT2D eigenvalue weighted by Gasteiger charge is -2.37. The molecule has 2 fully saturated rings. The van der Waals surface area contributed by atoms with Crippen molar-refractivity contribution in [3.05, 3.63) is 12.4 Å². The molecule has 0 aliphatic carbocycles. The number of hydrogen-bond donors (Lipinski definition) is 1. The van der Waals surface area contributed by atoms with Gasteiger partial charge >= 0.3 is 0 Å². The van der Waals surface area contributed by atoms with Crippen LogP contribution >= 0.6 is 0 Å². The van der Waals surface area contributed by atoms with E-state index in [-0.39, 0.29) is 0 Å². The van der Waals surface area contributed by atoms with E-state index < -0.39 is 0 Å². The number of methoxy groups -OCH3 is 1. The highest BCUT2D eigenvalue weighted by atomic mass is 16.5. The molecule has 2 bridgehead atoms. The van der Waals surface area contributed by atoms with E-state index in [0.717, 1.165) is 12.4 Å². The van der Waals surface area contributed by atoms with E-state index in [9.17, 15) is 0 Å². The van der Waals surface area contributed by atoms with Gasteiger partial charge in [-0.2, -0.15) is 4.98 Å². The number of nitrogens with zero attached hydrogens (tertiary/aromatic N) is 3. The molecular formula is C14H22N4O. The number of aromatic nitrogens is 2. The molecule has 104 valence electrons. The zero-order valence-electron chi connectivity index (χ0n) is 11.7. The van der Waals surface area contributed by atoms with E-state index in [2.05, 4.69) is 27.1 Å². The number of anilines is 1. The predicted octanol–water partition coefficient (Wildman–Crippen LogP) is 1.59. The highest BCUT2D eigenvalue weighted by Crippen LogP contribution is 2.31. The van der Waals surface area contributed by atoms with Crippen molar-refractivity contribution in [2.75, 3.05) is 18.6 Å². The number of nitrogens with one attached hydrogen (secondary N) is 1. The van der Waals surface area contributed by atoms with Crippen LogP contribution in [0.4, 0.5) is 5.82 Å². The molecule has 1 N–H and O–H groups in total. The first-order valence-electron chi connectivity index (χ1n) is 7.19. The Labute approximate surface area is 114 Å². The average Bonchev–Trinajstić information content (AvgIpc) is 2.79. The Balaban J connectivity index is 1.79. The first-order valence-corrected chi connectivity index (χ1v) is 7.19. The molecule has 2 aliphatic rings. The Hall–Kier alpha value is -1.36. The largest absolute Gasteiger partial charge is 0.480 e. The van der Waals surface area contributed by atoms with Crippen molar-refractivity contribution in [3.8, 4) is 5.88 Å². The second-order valence-electron chi connectivity index (χ2n) is 5.47. The Morgan fingerprint density at radius 3 is 2.68 bits per heavy atom. The maximum Gasteiger partial charge on any atom is 0.233 e. The molecule has 3 heterocycles. The molecule has 1 aromatic heterocycles. The lowest BCUT2D eigenvalue weighted by molar-refractivity contribution is 0.346. The average molecular weight is 262 g/mol. The van der Waals surface area contributed by atoms with E-state index >= 15 is 0 Å². The number of hydrogen-bond acceptors (Lipinski definition) is 5. The normalized spacial score (nSPS) is 29.3. The molecule has 0 radical (unpaired) electrons. The van der Waals surface area contributed by atoms with Gasteiger partial charge in [0.25, 0.3) is 0 Å². The molecule has 1 aromatic rings. The number of ether oxygens (including phenoxy) is 1. The maximum atomic E-state index is 5.18. The Bertz CT molecular complexity index is 427. The van der Waals surface area contributed by atoms with Crippen molar-refractivity contribution in [1.82, 2.24) is 15.3 Å². The molecule has 19 heavy (non-hydrogen) atoms. The lowest BCUT2D eigenvalue weighted by atomic mass is 9.98. The quantitative estimate of drug-likeness (QED) is 0.893. The number of fused-ring (bicyclic) bond motifs is 2. The fourth-order valence-corrected chi connectivity index (χ4v) is 3.46. The van der Waals surface area contributed by atoms with Crippen LogP contribution in [0.25, 0.3) is 0 Å². The molecule has 2 aliphatic heterocycles. The zero-order valence-corrected chi connectivity index (χ0v) is 11.7. The Morgan fingerprint density at radius 2 is 2.05 bits per heavy atom. The molecular weight excluding hydrogens is 240 g/mol. The van der Waals surface area contributed by atoms with Gasteiger partial charge in [0.05, 0.1) is 19.5 Å². The van der Waals surface area contributed by atoms with Gasteiger partial charge in [0, 0.05) is 24.7 Å². The summed E-state index contributed by atoms with van der Waals surface area (Å²) < 4.78 is 5.18. The molecule has 0 spiro atoms. The summed E-state index contributed by atoms with van der Waals surface area (Å²) in [5.41, 5.74) is 0. The third kappa shape index (κ3) is 2.52. The molecule has 3 rings (SSSR count). The van der Waals surface area contributed by atoms with E-state index in [1.54, 1.807) is 13.3 Å². The standard InChI is InChI=1S/C14H22N4O/c1-3-18(13-8-15-9-14(17-13)19-2)12-6-10-4-5-11(7-12)16-10/h8-12,16H,3-7H2,1-2H3. The Morgan fingerprint density at radius 1 is 1.32 bits per heavy atom. The van der Waals surface area contributed by atoms with Crippen LogP contribution in [0.3, 0.4) is 0 Å². The second kappa shape index (κ2) is 5.33. The van der Waals surface area contributed by atoms with Gasteiger partial charge < -0.3 is 15.0 Å². The molecule has 5 heteroatoms. The van der Waals surface area contributed by atoms with Crippen LogP contribution in [-0.4, -0.2) is 41.7 Å². The van der Waals surface area contributed by atoms with Crippen molar-refractivity contribution < 1.29 is 4.74 Å². The fourth-order valence-electron chi connectivity index (χ4n) is 3.46. The molecule has 0 aromatic carbocycles. The van der Waals surface area contributed by atoms with Gasteiger partial charge in [0.1, 0.15) is 0 Å². The summed E-state index contributed by atoms with van der Waals surface area (Å²) in [4.78, 5) is 11.1. The summed E-state index contributed by atoms with van der Waals surface area (Å²) in [5, 5.41) is 3.69. The van der Waals surface area contributed by atoms with Gasteiger partial charge in [-0.1, -0.05) is 0 Å². The fraction of sp³-hybridized carbons (Fsp3) is 0.714. The van der Waals surface area contributed by atoms with Crippen LogP contribution in [0.5, 0.6) is 5.88 Å². The van der Waals surface area contributed by atoms with Crippen molar-refractivity contribution >= 4 is 5.82 Å². The Kier molecular flexibility index (Phi) is 3.55. The molecule has 0 amide bonds. The summed E-state index contributed by atoms with van der Waals surface area (Å²) in [6.45, 7) is 3.15. The number of piperidine rings is 1. The van der Waals surface area contributed by atoms with Crippen LogP contribution in [0.15, 0.2) is 12.4 Å². The highest BCUT2D eigenvalue weighted by Gasteiger charge is 2.36. The van der Waals surface area contributed by atoms with Gasteiger partial charge in [0.2, 0.25) is 5.88 Å². The van der Waals surface area contributed by atoms with Gasteiger partial charge in [0.15, 0.2) is 5.82 Å². The topological polar surface area (TPSA) is 50.3 Å². The first kappa shape index (κ1) is 12.7. The van der Waals surface area contributed by atoms with Gasteiger partial charge in [-0.15, -0.1) is 0 Å². The molecule has 2 unspecified atom stereocenters. The molecule has 0 saturated carbocycles.